The molecule has 1 aromatic rings. The molecule has 0 aliphatic rings. The number of hydrogen-bond donors (Lipinski definition) is 3. The lowest BCUT2D eigenvalue weighted by Gasteiger charge is -2.27. The zero-order valence-electron chi connectivity index (χ0n) is 12.6. The molecule has 0 aliphatic carbocycles. The summed E-state index contributed by atoms with van der Waals surface area (Å²) < 4.78 is 0. The lowest BCUT2D eigenvalue weighted by Crippen LogP contribution is -2.50. The van der Waals surface area contributed by atoms with Crippen LogP contribution in [0.2, 0.25) is 0 Å². The number of carboxylic acids is 1. The van der Waals surface area contributed by atoms with Gasteiger partial charge in [-0.25, -0.2) is 9.59 Å². The second kappa shape index (κ2) is 5.94. The number of aryl methyl sites for hydroxylation is 2. The van der Waals surface area contributed by atoms with Gasteiger partial charge in [-0.05, 0) is 36.5 Å². The number of benzene rings is 1. The highest BCUT2D eigenvalue weighted by atomic mass is 16.4. The van der Waals surface area contributed by atoms with Crippen molar-refractivity contribution in [3.8, 4) is 0 Å². The van der Waals surface area contributed by atoms with Gasteiger partial charge in [-0.1, -0.05) is 32.9 Å². The molecule has 3 N–H and O–H groups in total. The topological polar surface area (TPSA) is 78.4 Å². The number of amides is 2. The summed E-state index contributed by atoms with van der Waals surface area (Å²) in [6, 6.07) is 4.24. The van der Waals surface area contributed by atoms with Crippen molar-refractivity contribution in [2.75, 3.05) is 5.32 Å². The van der Waals surface area contributed by atoms with Gasteiger partial charge in [0.2, 0.25) is 0 Å². The quantitative estimate of drug-likeness (QED) is 0.795. The number of carboxylic acid groups (broad SMARTS) is 1. The fraction of sp³-hybridized carbons (Fsp3) is 0.467. The minimum Gasteiger partial charge on any atom is -0.480 e. The molecule has 0 saturated carbocycles. The van der Waals surface area contributed by atoms with Gasteiger partial charge in [-0.3, -0.25) is 0 Å². The third kappa shape index (κ3) is 4.26. The van der Waals surface area contributed by atoms with E-state index in [-0.39, 0.29) is 0 Å². The van der Waals surface area contributed by atoms with Crippen molar-refractivity contribution in [2.24, 2.45) is 5.41 Å². The van der Waals surface area contributed by atoms with Crippen LogP contribution < -0.4 is 10.6 Å². The van der Waals surface area contributed by atoms with Crippen LogP contribution >= 0.6 is 0 Å². The predicted octanol–water partition coefficient (Wildman–Crippen LogP) is 2.92. The molecule has 0 aliphatic heterocycles. The number of carbonyl (C=O) groups excluding carboxylic acids is 1. The van der Waals surface area contributed by atoms with Gasteiger partial charge in [-0.2, -0.15) is 0 Å². The molecular formula is C15H22N2O3. The summed E-state index contributed by atoms with van der Waals surface area (Å²) in [5.74, 6) is -1.05. The molecule has 0 heterocycles. The third-order valence-corrected chi connectivity index (χ3v) is 3.03. The Morgan fingerprint density at radius 3 is 2.30 bits per heavy atom. The maximum Gasteiger partial charge on any atom is 0.326 e. The molecule has 1 unspecified atom stereocenters. The van der Waals surface area contributed by atoms with Crippen LogP contribution in [-0.2, 0) is 4.79 Å². The number of nitrogens with one attached hydrogen (secondary N) is 2. The van der Waals surface area contributed by atoms with E-state index >= 15 is 0 Å². The van der Waals surface area contributed by atoms with Gasteiger partial charge < -0.3 is 15.7 Å². The molecule has 1 atom stereocenters. The normalized spacial score (nSPS) is 12.7. The van der Waals surface area contributed by atoms with Crippen molar-refractivity contribution in [3.63, 3.8) is 0 Å². The minimum atomic E-state index is -1.05. The Morgan fingerprint density at radius 2 is 1.80 bits per heavy atom. The van der Waals surface area contributed by atoms with Crippen LogP contribution in [0.25, 0.3) is 0 Å². The molecule has 0 spiro atoms. The predicted molar refractivity (Wildman–Crippen MR) is 78.9 cm³/mol. The summed E-state index contributed by atoms with van der Waals surface area (Å²) in [6.07, 6.45) is 0. The van der Waals surface area contributed by atoms with Crippen LogP contribution in [0.5, 0.6) is 0 Å². The van der Waals surface area contributed by atoms with E-state index in [0.717, 1.165) is 11.1 Å². The maximum absolute atomic E-state index is 12.0. The summed E-state index contributed by atoms with van der Waals surface area (Å²) in [7, 11) is 0. The van der Waals surface area contributed by atoms with Crippen LogP contribution in [0.3, 0.4) is 0 Å². The van der Waals surface area contributed by atoms with E-state index in [2.05, 4.69) is 10.6 Å². The number of aliphatic carboxylic acids is 1. The second-order valence-corrected chi connectivity index (χ2v) is 6.05. The standard InChI is InChI=1S/C15H22N2O3/c1-9-6-7-10(2)11(8-9)16-14(20)17-12(13(18)19)15(3,4)5/h6-8,12H,1-5H3,(H,18,19)(H2,16,17,20). The number of rotatable bonds is 3. The van der Waals surface area contributed by atoms with E-state index in [1.54, 1.807) is 20.8 Å². The van der Waals surface area contributed by atoms with E-state index < -0.39 is 23.5 Å². The van der Waals surface area contributed by atoms with E-state index in [1.165, 1.54) is 0 Å². The summed E-state index contributed by atoms with van der Waals surface area (Å²) >= 11 is 0. The van der Waals surface area contributed by atoms with Crippen LogP contribution in [0.15, 0.2) is 18.2 Å². The third-order valence-electron chi connectivity index (χ3n) is 3.03. The molecule has 2 amide bonds. The van der Waals surface area contributed by atoms with Gasteiger partial charge in [0.15, 0.2) is 0 Å². The fourth-order valence-corrected chi connectivity index (χ4v) is 1.81. The lowest BCUT2D eigenvalue weighted by atomic mass is 9.87. The zero-order chi connectivity index (χ0) is 15.5. The van der Waals surface area contributed by atoms with Gasteiger partial charge in [0.25, 0.3) is 0 Å². The number of anilines is 1. The highest BCUT2D eigenvalue weighted by Crippen LogP contribution is 2.20. The van der Waals surface area contributed by atoms with E-state index in [0.29, 0.717) is 5.69 Å². The van der Waals surface area contributed by atoms with Crippen molar-refractivity contribution in [1.29, 1.82) is 0 Å². The van der Waals surface area contributed by atoms with E-state index in [9.17, 15) is 14.7 Å². The van der Waals surface area contributed by atoms with Crippen LogP contribution in [-0.4, -0.2) is 23.1 Å². The summed E-state index contributed by atoms with van der Waals surface area (Å²) in [6.45, 7) is 9.11. The summed E-state index contributed by atoms with van der Waals surface area (Å²) in [5, 5.41) is 14.4. The monoisotopic (exact) mass is 278 g/mol. The summed E-state index contributed by atoms with van der Waals surface area (Å²) in [5.41, 5.74) is 2.07. The Balaban J connectivity index is 2.81. The van der Waals surface area contributed by atoms with Crippen molar-refractivity contribution < 1.29 is 14.7 Å². The molecule has 0 bridgehead atoms. The molecule has 0 aromatic heterocycles. The zero-order valence-corrected chi connectivity index (χ0v) is 12.6. The molecule has 110 valence electrons. The second-order valence-electron chi connectivity index (χ2n) is 6.05. The van der Waals surface area contributed by atoms with Crippen molar-refractivity contribution in [3.05, 3.63) is 29.3 Å². The summed E-state index contributed by atoms with van der Waals surface area (Å²) in [4.78, 5) is 23.2. The highest BCUT2D eigenvalue weighted by molar-refractivity contribution is 5.93. The molecular weight excluding hydrogens is 256 g/mol. The molecule has 0 radical (unpaired) electrons. The van der Waals surface area contributed by atoms with Crippen LogP contribution in [0.4, 0.5) is 10.5 Å². The van der Waals surface area contributed by atoms with Crippen molar-refractivity contribution in [2.45, 2.75) is 40.7 Å². The largest absolute Gasteiger partial charge is 0.480 e. The average molecular weight is 278 g/mol. The number of carbonyl (C=O) groups is 2. The highest BCUT2D eigenvalue weighted by Gasteiger charge is 2.32. The molecule has 0 saturated heterocycles. The molecule has 20 heavy (non-hydrogen) atoms. The Labute approximate surface area is 119 Å². The average Bonchev–Trinajstić information content (AvgIpc) is 2.29. The van der Waals surface area contributed by atoms with Crippen molar-refractivity contribution in [1.82, 2.24) is 5.32 Å². The fourth-order valence-electron chi connectivity index (χ4n) is 1.81. The Bertz CT molecular complexity index is 518. The Hall–Kier alpha value is -2.04. The first kappa shape index (κ1) is 16.0. The number of hydrogen-bond acceptors (Lipinski definition) is 2. The molecule has 1 rings (SSSR count). The van der Waals surface area contributed by atoms with Crippen LogP contribution in [0.1, 0.15) is 31.9 Å². The van der Waals surface area contributed by atoms with Crippen LogP contribution in [0, 0.1) is 19.3 Å². The Morgan fingerprint density at radius 1 is 1.20 bits per heavy atom. The van der Waals surface area contributed by atoms with Gasteiger partial charge in [0.1, 0.15) is 6.04 Å². The SMILES string of the molecule is Cc1ccc(C)c(NC(=O)NC(C(=O)O)C(C)(C)C)c1. The molecule has 5 nitrogen and oxygen atoms in total. The van der Waals surface area contributed by atoms with Gasteiger partial charge in [-0.15, -0.1) is 0 Å². The smallest absolute Gasteiger partial charge is 0.326 e. The first-order valence-electron chi connectivity index (χ1n) is 6.49. The maximum atomic E-state index is 12.0. The molecule has 5 heteroatoms. The number of urea groups is 1. The minimum absolute atomic E-state index is 0.513. The van der Waals surface area contributed by atoms with Gasteiger partial charge in [0.05, 0.1) is 0 Å². The Kier molecular flexibility index (Phi) is 4.76. The first-order valence-corrected chi connectivity index (χ1v) is 6.49. The lowest BCUT2D eigenvalue weighted by molar-refractivity contribution is -0.141. The van der Waals surface area contributed by atoms with Crippen molar-refractivity contribution >= 4 is 17.7 Å². The van der Waals surface area contributed by atoms with Gasteiger partial charge >= 0.3 is 12.0 Å². The van der Waals surface area contributed by atoms with Gasteiger partial charge in [0, 0.05) is 5.69 Å². The van der Waals surface area contributed by atoms with E-state index in [4.69, 9.17) is 0 Å². The molecule has 1 aromatic carbocycles. The molecule has 0 fully saturated rings. The first-order chi connectivity index (χ1) is 9.11. The van der Waals surface area contributed by atoms with E-state index in [1.807, 2.05) is 32.0 Å².